The van der Waals surface area contributed by atoms with Gasteiger partial charge >= 0.3 is 12.1 Å². The molecule has 0 atom stereocenters. The summed E-state index contributed by atoms with van der Waals surface area (Å²) in [5.41, 5.74) is 0. The molecule has 0 rings (SSSR count). The number of nitrogens with zero attached hydrogens (tertiary/aromatic N) is 1. The lowest BCUT2D eigenvalue weighted by atomic mass is 10.5. The van der Waals surface area contributed by atoms with Crippen LogP contribution in [0.5, 0.6) is 0 Å². The molecule has 0 spiro atoms. The van der Waals surface area contributed by atoms with Crippen LogP contribution in [0.25, 0.3) is 0 Å². The van der Waals surface area contributed by atoms with Crippen LogP contribution in [0.15, 0.2) is 0 Å². The van der Waals surface area contributed by atoms with Crippen LogP contribution in [-0.4, -0.2) is 50.4 Å². The Labute approximate surface area is 84.2 Å². The molecule has 5 nitrogen and oxygen atoms in total. The number of ether oxygens (including phenoxy) is 2. The minimum absolute atomic E-state index is 0.111. The number of carbonyl (C=O) groups is 2. The molecule has 0 saturated carbocycles. The number of carbonyl (C=O) groups excluding carboxylic acids is 2. The molecule has 0 aromatic heterocycles. The molecular weight excluding hydrogens is 186 g/mol. The molecule has 82 valence electrons. The fraction of sp³-hybridized carbons (Fsp3) is 0.778. The van der Waals surface area contributed by atoms with Gasteiger partial charge in [0, 0.05) is 6.92 Å². The van der Waals surface area contributed by atoms with Crippen LogP contribution in [0.1, 0.15) is 13.8 Å². The Morgan fingerprint density at radius 2 is 1.64 bits per heavy atom. The first-order valence-electron chi connectivity index (χ1n) is 4.54. The van der Waals surface area contributed by atoms with Crippen LogP contribution in [0.4, 0.5) is 4.79 Å². The van der Waals surface area contributed by atoms with E-state index in [2.05, 4.69) is 4.74 Å². The van der Waals surface area contributed by atoms with Crippen molar-refractivity contribution in [2.45, 2.75) is 13.8 Å². The highest BCUT2D eigenvalue weighted by atomic mass is 16.6. The summed E-state index contributed by atoms with van der Waals surface area (Å²) in [5.74, 6) is -0.370. The van der Waals surface area contributed by atoms with E-state index in [-0.39, 0.29) is 29.8 Å². The van der Waals surface area contributed by atoms with Crippen molar-refractivity contribution in [2.75, 3.05) is 33.9 Å². The number of hydrogen-bond donors (Lipinski definition) is 0. The van der Waals surface area contributed by atoms with E-state index >= 15 is 0 Å². The number of rotatable bonds is 4. The van der Waals surface area contributed by atoms with E-state index < -0.39 is 0 Å². The summed E-state index contributed by atoms with van der Waals surface area (Å²) in [6.07, 6.45) is -0.320. The first-order valence-corrected chi connectivity index (χ1v) is 4.54. The average molecular weight is 204 g/mol. The molecule has 14 heavy (non-hydrogen) atoms. The molecule has 1 amide bonds. The van der Waals surface area contributed by atoms with Crippen LogP contribution in [0, 0.1) is 0 Å². The van der Waals surface area contributed by atoms with Gasteiger partial charge < -0.3 is 9.47 Å². The maximum atomic E-state index is 11.4. The van der Waals surface area contributed by atoms with Gasteiger partial charge in [0.25, 0.3) is 0 Å². The lowest BCUT2D eigenvalue weighted by Crippen LogP contribution is -2.45. The smallest absolute Gasteiger partial charge is 0.462 e. The SMILES string of the molecule is CC[N+](C)(C)C(=O)OCCOC(C)=O. The summed E-state index contributed by atoms with van der Waals surface area (Å²) in [5, 5.41) is 0. The van der Waals surface area contributed by atoms with Gasteiger partial charge in [0.2, 0.25) is 0 Å². The molecule has 0 radical (unpaired) electrons. The van der Waals surface area contributed by atoms with Gasteiger partial charge in [-0.1, -0.05) is 0 Å². The molecule has 5 heteroatoms. The van der Waals surface area contributed by atoms with Crippen LogP contribution < -0.4 is 0 Å². The monoisotopic (exact) mass is 204 g/mol. The summed E-state index contributed by atoms with van der Waals surface area (Å²) in [7, 11) is 3.52. The Morgan fingerprint density at radius 1 is 1.14 bits per heavy atom. The topological polar surface area (TPSA) is 52.6 Å². The van der Waals surface area contributed by atoms with Crippen LogP contribution in [0.3, 0.4) is 0 Å². The van der Waals surface area contributed by atoms with Crippen molar-refractivity contribution in [3.63, 3.8) is 0 Å². The lowest BCUT2D eigenvalue weighted by Gasteiger charge is -2.23. The van der Waals surface area contributed by atoms with Gasteiger partial charge in [-0.05, 0) is 6.92 Å². The van der Waals surface area contributed by atoms with Gasteiger partial charge in [0.05, 0.1) is 20.6 Å². The Bertz CT molecular complexity index is 213. The summed E-state index contributed by atoms with van der Waals surface area (Å²) in [6, 6.07) is 0. The highest BCUT2D eigenvalue weighted by Gasteiger charge is 2.25. The molecule has 0 aromatic carbocycles. The Balaban J connectivity index is 3.70. The standard InChI is InChI=1S/C9H18NO4/c1-5-10(3,4)9(12)14-7-6-13-8(2)11/h5-7H2,1-4H3/q+1. The van der Waals surface area contributed by atoms with Gasteiger partial charge in [-0.15, -0.1) is 0 Å². The molecule has 0 aliphatic rings. The third-order valence-corrected chi connectivity index (χ3v) is 1.90. The summed E-state index contributed by atoms with van der Waals surface area (Å²) < 4.78 is 9.69. The van der Waals surface area contributed by atoms with Crippen molar-refractivity contribution in [1.29, 1.82) is 0 Å². The fourth-order valence-electron chi connectivity index (χ4n) is 0.618. The second-order valence-corrected chi connectivity index (χ2v) is 3.46. The lowest BCUT2D eigenvalue weighted by molar-refractivity contribution is -0.815. The maximum Gasteiger partial charge on any atom is 0.515 e. The van der Waals surface area contributed by atoms with E-state index in [0.29, 0.717) is 6.54 Å². The third-order valence-electron chi connectivity index (χ3n) is 1.90. The molecule has 0 heterocycles. The minimum atomic E-state index is -0.370. The molecule has 0 aliphatic carbocycles. The molecule has 0 N–H and O–H groups in total. The van der Waals surface area contributed by atoms with Gasteiger partial charge in [-0.2, -0.15) is 4.79 Å². The van der Waals surface area contributed by atoms with Crippen molar-refractivity contribution < 1.29 is 23.5 Å². The Morgan fingerprint density at radius 3 is 2.07 bits per heavy atom. The molecule has 0 unspecified atom stereocenters. The predicted octanol–water partition coefficient (Wildman–Crippen LogP) is 0.782. The maximum absolute atomic E-state index is 11.4. The number of amides is 1. The highest BCUT2D eigenvalue weighted by molar-refractivity contribution is 5.65. The molecular formula is C9H18NO4+. The van der Waals surface area contributed by atoms with Gasteiger partial charge in [-0.3, -0.25) is 4.79 Å². The van der Waals surface area contributed by atoms with E-state index in [1.165, 1.54) is 6.92 Å². The minimum Gasteiger partial charge on any atom is -0.462 e. The van der Waals surface area contributed by atoms with E-state index in [1.54, 1.807) is 14.1 Å². The van der Waals surface area contributed by atoms with Crippen LogP contribution in [-0.2, 0) is 14.3 Å². The number of hydrogen-bond acceptors (Lipinski definition) is 4. The van der Waals surface area contributed by atoms with Crippen molar-refractivity contribution in [3.05, 3.63) is 0 Å². The van der Waals surface area contributed by atoms with Crippen molar-refractivity contribution in [2.24, 2.45) is 0 Å². The van der Waals surface area contributed by atoms with Gasteiger partial charge in [0.1, 0.15) is 13.2 Å². The van der Waals surface area contributed by atoms with E-state index in [1.807, 2.05) is 6.92 Å². The second kappa shape index (κ2) is 5.59. The number of esters is 1. The van der Waals surface area contributed by atoms with Gasteiger partial charge in [-0.25, -0.2) is 4.48 Å². The van der Waals surface area contributed by atoms with E-state index in [4.69, 9.17) is 4.74 Å². The largest absolute Gasteiger partial charge is 0.515 e. The quantitative estimate of drug-likeness (QED) is 0.386. The van der Waals surface area contributed by atoms with Crippen LogP contribution >= 0.6 is 0 Å². The zero-order chi connectivity index (χ0) is 11.2. The molecule has 0 aliphatic heterocycles. The normalized spacial score (nSPS) is 10.9. The first kappa shape index (κ1) is 12.9. The molecule has 0 fully saturated rings. The van der Waals surface area contributed by atoms with Crippen molar-refractivity contribution in [3.8, 4) is 0 Å². The fourth-order valence-corrected chi connectivity index (χ4v) is 0.618. The molecule has 0 saturated heterocycles. The zero-order valence-electron chi connectivity index (χ0n) is 9.20. The highest BCUT2D eigenvalue weighted by Crippen LogP contribution is 2.00. The second-order valence-electron chi connectivity index (χ2n) is 3.46. The molecule has 0 aromatic rings. The Hall–Kier alpha value is -1.10. The van der Waals surface area contributed by atoms with Crippen molar-refractivity contribution >= 4 is 12.1 Å². The van der Waals surface area contributed by atoms with Crippen molar-refractivity contribution in [1.82, 2.24) is 0 Å². The Kier molecular flexibility index (Phi) is 5.15. The van der Waals surface area contributed by atoms with Crippen LogP contribution in [0.2, 0.25) is 0 Å². The first-order chi connectivity index (χ1) is 6.40. The van der Waals surface area contributed by atoms with E-state index in [9.17, 15) is 9.59 Å². The zero-order valence-corrected chi connectivity index (χ0v) is 9.20. The van der Waals surface area contributed by atoms with E-state index in [0.717, 1.165) is 0 Å². The predicted molar refractivity (Wildman–Crippen MR) is 50.6 cm³/mol. The molecule has 0 bridgehead atoms. The summed E-state index contributed by atoms with van der Waals surface area (Å²) in [6.45, 7) is 4.10. The van der Waals surface area contributed by atoms with Gasteiger partial charge in [0.15, 0.2) is 0 Å². The number of quaternary nitrogens is 1. The summed E-state index contributed by atoms with van der Waals surface area (Å²) >= 11 is 0. The summed E-state index contributed by atoms with van der Waals surface area (Å²) in [4.78, 5) is 21.7. The average Bonchev–Trinajstić information content (AvgIpc) is 2.11. The third kappa shape index (κ3) is 4.81.